The fourth-order valence-electron chi connectivity index (χ4n) is 2.37. The fraction of sp³-hybridized carbons (Fsp3) is 0.650. The molecule has 0 aliphatic carbocycles. The van der Waals surface area contributed by atoms with Gasteiger partial charge in [0.1, 0.15) is 0 Å². The lowest BCUT2D eigenvalue weighted by molar-refractivity contribution is -0.131. The minimum atomic E-state index is -0.908. The van der Waals surface area contributed by atoms with E-state index in [1.165, 1.54) is 76.7 Å². The minimum Gasteiger partial charge on any atom is -0.478 e. The maximum atomic E-state index is 10.2. The summed E-state index contributed by atoms with van der Waals surface area (Å²) in [5.74, 6) is -0.908. The standard InChI is InChI=1S/C20H34O2/c1-2-3-4-5-6-7-8-9-10-11-12-13-14-15-16-17-18-19-20(21)22/h14-19H,2-13H2,1H3,(H,21,22)/b15-14+,17-16-,19-18+. The van der Waals surface area contributed by atoms with Crippen LogP contribution in [0, 0.1) is 0 Å². The number of aliphatic carboxylic acids is 1. The van der Waals surface area contributed by atoms with E-state index < -0.39 is 5.97 Å². The molecule has 0 saturated carbocycles. The van der Waals surface area contributed by atoms with Crippen molar-refractivity contribution in [2.75, 3.05) is 0 Å². The van der Waals surface area contributed by atoms with Crippen molar-refractivity contribution in [1.82, 2.24) is 0 Å². The molecule has 0 saturated heterocycles. The lowest BCUT2D eigenvalue weighted by Gasteiger charge is -2.01. The van der Waals surface area contributed by atoms with Crippen molar-refractivity contribution >= 4 is 5.97 Å². The van der Waals surface area contributed by atoms with Crippen LogP contribution in [-0.4, -0.2) is 11.1 Å². The van der Waals surface area contributed by atoms with Crippen LogP contribution < -0.4 is 0 Å². The predicted octanol–water partition coefficient (Wildman–Crippen LogP) is 6.44. The van der Waals surface area contributed by atoms with Crippen LogP contribution >= 0.6 is 0 Å². The van der Waals surface area contributed by atoms with Gasteiger partial charge in [0.15, 0.2) is 0 Å². The summed E-state index contributed by atoms with van der Waals surface area (Å²) in [5.41, 5.74) is 0. The van der Waals surface area contributed by atoms with Crippen LogP contribution in [0.3, 0.4) is 0 Å². The fourth-order valence-corrected chi connectivity index (χ4v) is 2.37. The van der Waals surface area contributed by atoms with Crippen molar-refractivity contribution < 1.29 is 9.90 Å². The van der Waals surface area contributed by atoms with Gasteiger partial charge in [0, 0.05) is 6.08 Å². The molecule has 0 atom stereocenters. The highest BCUT2D eigenvalue weighted by molar-refractivity contribution is 5.80. The summed E-state index contributed by atoms with van der Waals surface area (Å²) < 4.78 is 0. The van der Waals surface area contributed by atoms with Crippen molar-refractivity contribution in [2.45, 2.75) is 84.0 Å². The average Bonchev–Trinajstić information content (AvgIpc) is 2.50. The van der Waals surface area contributed by atoms with Crippen molar-refractivity contribution in [3.8, 4) is 0 Å². The summed E-state index contributed by atoms with van der Waals surface area (Å²) in [5, 5.41) is 8.40. The van der Waals surface area contributed by atoms with E-state index >= 15 is 0 Å². The monoisotopic (exact) mass is 306 g/mol. The Morgan fingerprint density at radius 3 is 1.77 bits per heavy atom. The Labute approximate surface area is 137 Å². The van der Waals surface area contributed by atoms with Crippen LogP contribution in [0.2, 0.25) is 0 Å². The van der Waals surface area contributed by atoms with Crippen LogP contribution in [0.15, 0.2) is 36.5 Å². The second-order valence-corrected chi connectivity index (χ2v) is 5.83. The number of unbranched alkanes of at least 4 members (excludes halogenated alkanes) is 11. The second-order valence-electron chi connectivity index (χ2n) is 5.83. The van der Waals surface area contributed by atoms with Gasteiger partial charge in [0.2, 0.25) is 0 Å². The summed E-state index contributed by atoms with van der Waals surface area (Å²) in [4.78, 5) is 10.2. The lowest BCUT2D eigenvalue weighted by atomic mass is 10.1. The van der Waals surface area contributed by atoms with E-state index in [4.69, 9.17) is 5.11 Å². The largest absolute Gasteiger partial charge is 0.478 e. The molecule has 0 fully saturated rings. The molecular formula is C20H34O2. The molecule has 0 unspecified atom stereocenters. The summed E-state index contributed by atoms with van der Waals surface area (Å²) in [6.45, 7) is 2.27. The van der Waals surface area contributed by atoms with Crippen molar-refractivity contribution in [3.63, 3.8) is 0 Å². The molecule has 0 radical (unpaired) electrons. The van der Waals surface area contributed by atoms with Gasteiger partial charge in [-0.25, -0.2) is 4.79 Å². The topological polar surface area (TPSA) is 37.3 Å². The number of hydrogen-bond donors (Lipinski definition) is 1. The highest BCUT2D eigenvalue weighted by Crippen LogP contribution is 2.11. The first-order chi connectivity index (χ1) is 10.8. The first-order valence-corrected chi connectivity index (χ1v) is 9.00. The third kappa shape index (κ3) is 18.7. The van der Waals surface area contributed by atoms with Gasteiger partial charge in [0.05, 0.1) is 0 Å². The van der Waals surface area contributed by atoms with Crippen LogP contribution in [0.4, 0.5) is 0 Å². The summed E-state index contributed by atoms with van der Waals surface area (Å²) in [7, 11) is 0. The molecular weight excluding hydrogens is 272 g/mol. The third-order valence-corrected chi connectivity index (χ3v) is 3.68. The number of carboxylic acids is 1. The van der Waals surface area contributed by atoms with Gasteiger partial charge in [-0.05, 0) is 12.8 Å². The summed E-state index contributed by atoms with van der Waals surface area (Å²) in [6.07, 6.45) is 26.7. The zero-order valence-electron chi connectivity index (χ0n) is 14.3. The van der Waals surface area contributed by atoms with Crippen molar-refractivity contribution in [1.29, 1.82) is 0 Å². The van der Waals surface area contributed by atoms with Gasteiger partial charge in [-0.15, -0.1) is 0 Å². The molecule has 0 aromatic rings. The van der Waals surface area contributed by atoms with E-state index in [1.807, 2.05) is 12.2 Å². The molecule has 0 aliphatic rings. The van der Waals surface area contributed by atoms with Gasteiger partial charge in [-0.3, -0.25) is 0 Å². The van der Waals surface area contributed by atoms with Crippen molar-refractivity contribution in [2.24, 2.45) is 0 Å². The van der Waals surface area contributed by atoms with E-state index in [9.17, 15) is 4.79 Å². The van der Waals surface area contributed by atoms with E-state index in [-0.39, 0.29) is 0 Å². The van der Waals surface area contributed by atoms with Gasteiger partial charge in [-0.2, -0.15) is 0 Å². The molecule has 0 spiro atoms. The van der Waals surface area contributed by atoms with Gasteiger partial charge >= 0.3 is 5.97 Å². The number of carbonyl (C=O) groups is 1. The third-order valence-electron chi connectivity index (χ3n) is 3.68. The number of rotatable bonds is 15. The molecule has 22 heavy (non-hydrogen) atoms. The summed E-state index contributed by atoms with van der Waals surface area (Å²) in [6, 6.07) is 0. The molecule has 0 aromatic carbocycles. The molecule has 1 N–H and O–H groups in total. The van der Waals surface area contributed by atoms with Crippen LogP contribution in [0.1, 0.15) is 84.0 Å². The van der Waals surface area contributed by atoms with Crippen LogP contribution in [0.25, 0.3) is 0 Å². The van der Waals surface area contributed by atoms with Gasteiger partial charge in [0.25, 0.3) is 0 Å². The molecule has 0 aromatic heterocycles. The molecule has 126 valence electrons. The maximum Gasteiger partial charge on any atom is 0.328 e. The quantitative estimate of drug-likeness (QED) is 0.215. The molecule has 0 amide bonds. The molecule has 0 heterocycles. The Balaban J connectivity index is 3.21. The number of carboxylic acid groups (broad SMARTS) is 1. The highest BCUT2D eigenvalue weighted by atomic mass is 16.4. The smallest absolute Gasteiger partial charge is 0.328 e. The van der Waals surface area contributed by atoms with E-state index in [0.29, 0.717) is 0 Å². The molecule has 0 bridgehead atoms. The SMILES string of the molecule is CCCCCCCCCCCCC/C=C/C=C\C=C\C(=O)O. The molecule has 0 aliphatic heterocycles. The Morgan fingerprint density at radius 2 is 1.23 bits per heavy atom. The lowest BCUT2D eigenvalue weighted by Crippen LogP contribution is -1.84. The van der Waals surface area contributed by atoms with Gasteiger partial charge in [-0.1, -0.05) is 102 Å². The number of allylic oxidation sites excluding steroid dienone is 5. The van der Waals surface area contributed by atoms with E-state index in [0.717, 1.165) is 12.5 Å². The normalized spacial score (nSPS) is 12.0. The van der Waals surface area contributed by atoms with Gasteiger partial charge < -0.3 is 5.11 Å². The zero-order valence-corrected chi connectivity index (χ0v) is 14.3. The average molecular weight is 306 g/mol. The van der Waals surface area contributed by atoms with Crippen molar-refractivity contribution in [3.05, 3.63) is 36.5 Å². The predicted molar refractivity (Wildman–Crippen MR) is 96.1 cm³/mol. The molecule has 0 rings (SSSR count). The Morgan fingerprint density at radius 1 is 0.727 bits per heavy atom. The Bertz CT molecular complexity index is 327. The molecule has 2 nitrogen and oxygen atoms in total. The van der Waals surface area contributed by atoms with Crippen LogP contribution in [0.5, 0.6) is 0 Å². The first-order valence-electron chi connectivity index (χ1n) is 9.00. The Hall–Kier alpha value is -1.31. The van der Waals surface area contributed by atoms with Crippen LogP contribution in [-0.2, 0) is 4.79 Å². The summed E-state index contributed by atoms with van der Waals surface area (Å²) >= 11 is 0. The minimum absolute atomic E-state index is 0.908. The number of hydrogen-bond acceptors (Lipinski definition) is 1. The molecule has 2 heteroatoms. The Kier molecular flexibility index (Phi) is 16.7. The van der Waals surface area contributed by atoms with E-state index in [2.05, 4.69) is 13.0 Å². The highest BCUT2D eigenvalue weighted by Gasteiger charge is 1.92. The second kappa shape index (κ2) is 17.7. The first kappa shape index (κ1) is 20.7. The zero-order chi connectivity index (χ0) is 16.3. The van der Waals surface area contributed by atoms with E-state index in [1.54, 1.807) is 6.08 Å². The maximum absolute atomic E-state index is 10.2.